The SMILES string of the molecule is COc1ccc(/C=C\C(=O)N[C@H](C)C(=O)N(C)Cc2ccc(N(C)C)cc2)cc1. The quantitative estimate of drug-likeness (QED) is 0.698. The Morgan fingerprint density at radius 2 is 1.66 bits per heavy atom. The molecule has 0 heterocycles. The Bertz CT molecular complexity index is 843. The van der Waals surface area contributed by atoms with Gasteiger partial charge in [-0.15, -0.1) is 0 Å². The standard InChI is InChI=1S/C23H29N3O3/c1-17(24-22(27)15-10-18-8-13-21(29-5)14-9-18)23(28)26(4)16-19-6-11-20(12-7-19)25(2)3/h6-15,17H,16H2,1-5H3,(H,24,27)/b15-10-/t17-/m1/s1. The first-order chi connectivity index (χ1) is 13.8. The smallest absolute Gasteiger partial charge is 0.244 e. The summed E-state index contributed by atoms with van der Waals surface area (Å²) in [7, 11) is 7.31. The highest BCUT2D eigenvalue weighted by Crippen LogP contribution is 2.14. The number of anilines is 1. The van der Waals surface area contributed by atoms with Crippen LogP contribution in [-0.2, 0) is 16.1 Å². The van der Waals surface area contributed by atoms with Crippen molar-refractivity contribution in [1.29, 1.82) is 0 Å². The van der Waals surface area contributed by atoms with Crippen LogP contribution in [0.25, 0.3) is 6.08 Å². The van der Waals surface area contributed by atoms with Crippen molar-refractivity contribution < 1.29 is 14.3 Å². The number of amides is 2. The van der Waals surface area contributed by atoms with Gasteiger partial charge >= 0.3 is 0 Å². The minimum atomic E-state index is -0.617. The summed E-state index contributed by atoms with van der Waals surface area (Å²) in [6.07, 6.45) is 3.12. The molecule has 0 spiro atoms. The highest BCUT2D eigenvalue weighted by Gasteiger charge is 2.18. The van der Waals surface area contributed by atoms with Crippen LogP contribution in [0.4, 0.5) is 5.69 Å². The van der Waals surface area contributed by atoms with E-state index in [1.54, 1.807) is 32.1 Å². The average Bonchev–Trinajstić information content (AvgIpc) is 2.72. The van der Waals surface area contributed by atoms with Gasteiger partial charge in [-0.3, -0.25) is 9.59 Å². The Hall–Kier alpha value is -3.28. The van der Waals surface area contributed by atoms with Gasteiger partial charge in [0.15, 0.2) is 0 Å². The van der Waals surface area contributed by atoms with Gasteiger partial charge in [0.2, 0.25) is 11.8 Å². The highest BCUT2D eigenvalue weighted by atomic mass is 16.5. The Labute approximate surface area is 172 Å². The van der Waals surface area contributed by atoms with Crippen molar-refractivity contribution in [2.75, 3.05) is 33.2 Å². The number of nitrogens with one attached hydrogen (secondary N) is 1. The van der Waals surface area contributed by atoms with E-state index in [0.29, 0.717) is 6.54 Å². The number of hydrogen-bond acceptors (Lipinski definition) is 4. The second kappa shape index (κ2) is 10.3. The number of hydrogen-bond donors (Lipinski definition) is 1. The lowest BCUT2D eigenvalue weighted by Crippen LogP contribution is -2.44. The fourth-order valence-corrected chi connectivity index (χ4v) is 2.79. The van der Waals surface area contributed by atoms with Crippen LogP contribution < -0.4 is 15.0 Å². The van der Waals surface area contributed by atoms with E-state index in [4.69, 9.17) is 4.74 Å². The normalized spacial score (nSPS) is 11.8. The van der Waals surface area contributed by atoms with Crippen molar-refractivity contribution in [2.24, 2.45) is 0 Å². The molecule has 0 aliphatic rings. The van der Waals surface area contributed by atoms with Gasteiger partial charge in [0, 0.05) is 39.5 Å². The van der Waals surface area contributed by atoms with E-state index >= 15 is 0 Å². The summed E-state index contributed by atoms with van der Waals surface area (Å²) in [6.45, 7) is 2.17. The Kier molecular flexibility index (Phi) is 7.83. The first-order valence-corrected chi connectivity index (χ1v) is 9.44. The van der Waals surface area contributed by atoms with Gasteiger partial charge in [-0.2, -0.15) is 0 Å². The van der Waals surface area contributed by atoms with E-state index in [1.807, 2.05) is 67.5 Å². The molecule has 0 fully saturated rings. The lowest BCUT2D eigenvalue weighted by atomic mass is 10.1. The summed E-state index contributed by atoms with van der Waals surface area (Å²) in [6, 6.07) is 14.8. The van der Waals surface area contributed by atoms with Gasteiger partial charge in [-0.25, -0.2) is 0 Å². The molecule has 1 atom stereocenters. The number of likely N-dealkylation sites (N-methyl/N-ethyl adjacent to an activating group) is 1. The van der Waals surface area contributed by atoms with Gasteiger partial charge in [-0.05, 0) is 48.4 Å². The van der Waals surface area contributed by atoms with Gasteiger partial charge in [0.25, 0.3) is 0 Å². The first-order valence-electron chi connectivity index (χ1n) is 9.44. The van der Waals surface area contributed by atoms with E-state index in [-0.39, 0.29) is 11.8 Å². The Morgan fingerprint density at radius 3 is 2.21 bits per heavy atom. The molecule has 0 unspecified atom stereocenters. The summed E-state index contributed by atoms with van der Waals surface area (Å²) in [5.41, 5.74) is 3.01. The lowest BCUT2D eigenvalue weighted by Gasteiger charge is -2.22. The highest BCUT2D eigenvalue weighted by molar-refractivity contribution is 5.95. The molecular formula is C23H29N3O3. The molecule has 0 radical (unpaired) electrons. The van der Waals surface area contributed by atoms with Crippen molar-refractivity contribution in [3.8, 4) is 5.75 Å². The van der Waals surface area contributed by atoms with E-state index in [1.165, 1.54) is 6.08 Å². The minimum absolute atomic E-state index is 0.145. The summed E-state index contributed by atoms with van der Waals surface area (Å²) in [5.74, 6) is 0.295. The predicted octanol–water partition coefficient (Wildman–Crippen LogP) is 2.94. The molecule has 154 valence electrons. The molecule has 0 aliphatic heterocycles. The van der Waals surface area contributed by atoms with Gasteiger partial charge in [0.1, 0.15) is 11.8 Å². The molecule has 2 rings (SSSR count). The third-order valence-electron chi connectivity index (χ3n) is 4.52. The maximum absolute atomic E-state index is 12.6. The second-order valence-corrected chi connectivity index (χ2v) is 7.09. The van der Waals surface area contributed by atoms with Crippen LogP contribution in [0.1, 0.15) is 18.1 Å². The molecule has 0 bridgehead atoms. The fourth-order valence-electron chi connectivity index (χ4n) is 2.79. The van der Waals surface area contributed by atoms with Gasteiger partial charge in [0.05, 0.1) is 7.11 Å². The summed E-state index contributed by atoms with van der Waals surface area (Å²) in [5, 5.41) is 2.71. The number of rotatable bonds is 8. The van der Waals surface area contributed by atoms with E-state index in [2.05, 4.69) is 5.32 Å². The molecule has 0 saturated carbocycles. The molecule has 6 nitrogen and oxygen atoms in total. The van der Waals surface area contributed by atoms with Crippen LogP contribution in [0.3, 0.4) is 0 Å². The van der Waals surface area contributed by atoms with Crippen LogP contribution in [0.2, 0.25) is 0 Å². The second-order valence-electron chi connectivity index (χ2n) is 7.09. The molecule has 29 heavy (non-hydrogen) atoms. The third-order valence-corrected chi connectivity index (χ3v) is 4.52. The van der Waals surface area contributed by atoms with E-state index < -0.39 is 6.04 Å². The van der Waals surface area contributed by atoms with Crippen molar-refractivity contribution in [3.63, 3.8) is 0 Å². The Balaban J connectivity index is 1.87. The first kappa shape index (κ1) is 22.0. The van der Waals surface area contributed by atoms with Crippen molar-refractivity contribution >= 4 is 23.6 Å². The number of carbonyl (C=O) groups excluding carboxylic acids is 2. The van der Waals surface area contributed by atoms with Crippen LogP contribution in [0.15, 0.2) is 54.6 Å². The maximum Gasteiger partial charge on any atom is 0.244 e. The Morgan fingerprint density at radius 1 is 1.03 bits per heavy atom. The van der Waals surface area contributed by atoms with Crippen molar-refractivity contribution in [2.45, 2.75) is 19.5 Å². The monoisotopic (exact) mass is 395 g/mol. The summed E-state index contributed by atoms with van der Waals surface area (Å²) >= 11 is 0. The van der Waals surface area contributed by atoms with Crippen LogP contribution in [0.5, 0.6) is 5.75 Å². The topological polar surface area (TPSA) is 61.9 Å². The zero-order chi connectivity index (χ0) is 21.4. The molecule has 1 N–H and O–H groups in total. The van der Waals surface area contributed by atoms with E-state index in [9.17, 15) is 9.59 Å². The number of ether oxygens (including phenoxy) is 1. The van der Waals surface area contributed by atoms with Crippen molar-refractivity contribution in [1.82, 2.24) is 10.2 Å². The fraction of sp³-hybridized carbons (Fsp3) is 0.304. The zero-order valence-corrected chi connectivity index (χ0v) is 17.7. The van der Waals surface area contributed by atoms with Gasteiger partial charge < -0.3 is 19.9 Å². The molecule has 6 heteroatoms. The molecule has 2 aromatic rings. The molecular weight excluding hydrogens is 366 g/mol. The zero-order valence-electron chi connectivity index (χ0n) is 17.7. The van der Waals surface area contributed by atoms with Gasteiger partial charge in [-0.1, -0.05) is 24.3 Å². The minimum Gasteiger partial charge on any atom is -0.497 e. The number of benzene rings is 2. The van der Waals surface area contributed by atoms with E-state index in [0.717, 1.165) is 22.6 Å². The van der Waals surface area contributed by atoms with Crippen molar-refractivity contribution in [3.05, 3.63) is 65.7 Å². The third kappa shape index (κ3) is 6.68. The molecule has 2 aromatic carbocycles. The summed E-state index contributed by atoms with van der Waals surface area (Å²) < 4.78 is 5.11. The number of methoxy groups -OCH3 is 1. The average molecular weight is 396 g/mol. The summed E-state index contributed by atoms with van der Waals surface area (Å²) in [4.78, 5) is 28.3. The number of nitrogens with zero attached hydrogens (tertiary/aromatic N) is 2. The largest absolute Gasteiger partial charge is 0.497 e. The lowest BCUT2D eigenvalue weighted by molar-refractivity contribution is -0.134. The molecule has 0 saturated heterocycles. The molecule has 0 aromatic heterocycles. The molecule has 0 aliphatic carbocycles. The molecule has 2 amide bonds. The van der Waals surface area contributed by atoms with Crippen LogP contribution in [0, 0.1) is 0 Å². The predicted molar refractivity (Wildman–Crippen MR) is 117 cm³/mol. The maximum atomic E-state index is 12.6. The number of carbonyl (C=O) groups is 2. The van der Waals surface area contributed by atoms with Crippen LogP contribution in [-0.4, -0.2) is 51.0 Å². The van der Waals surface area contributed by atoms with Crippen LogP contribution >= 0.6 is 0 Å².